The third-order valence-corrected chi connectivity index (χ3v) is 2.80. The highest BCUT2D eigenvalue weighted by atomic mass is 35.5. The third-order valence-electron chi connectivity index (χ3n) is 2.06. The molecule has 0 aliphatic heterocycles. The van der Waals surface area contributed by atoms with Crippen molar-refractivity contribution >= 4 is 23.2 Å². The van der Waals surface area contributed by atoms with Gasteiger partial charge < -0.3 is 4.98 Å². The van der Waals surface area contributed by atoms with Gasteiger partial charge in [-0.15, -0.1) is 0 Å². The number of halogens is 2. The smallest absolute Gasteiger partial charge is 0.313 e. The zero-order valence-corrected chi connectivity index (χ0v) is 9.22. The Balaban J connectivity index is 2.29. The summed E-state index contributed by atoms with van der Waals surface area (Å²) in [6.45, 7) is 0.485. The largest absolute Gasteiger partial charge is 0.325 e. The van der Waals surface area contributed by atoms with E-state index in [0.717, 1.165) is 5.56 Å². The SMILES string of the molecule is O=c1[nH]ccn1Cc1ccc(Cl)c(Cl)c1. The van der Waals surface area contributed by atoms with E-state index in [1.54, 1.807) is 29.1 Å². The van der Waals surface area contributed by atoms with Crippen LogP contribution >= 0.6 is 23.2 Å². The third kappa shape index (κ3) is 2.25. The second-order valence-electron chi connectivity index (χ2n) is 3.14. The van der Waals surface area contributed by atoms with Crippen molar-refractivity contribution in [3.05, 3.63) is 56.7 Å². The Morgan fingerprint density at radius 3 is 2.67 bits per heavy atom. The highest BCUT2D eigenvalue weighted by molar-refractivity contribution is 6.42. The molecule has 0 saturated carbocycles. The van der Waals surface area contributed by atoms with Crippen molar-refractivity contribution in [2.45, 2.75) is 6.54 Å². The van der Waals surface area contributed by atoms with Crippen molar-refractivity contribution in [2.75, 3.05) is 0 Å². The first-order chi connectivity index (χ1) is 7.16. The minimum atomic E-state index is -0.138. The van der Waals surface area contributed by atoms with E-state index in [2.05, 4.69) is 4.98 Å². The van der Waals surface area contributed by atoms with Crippen LogP contribution in [0.15, 0.2) is 35.4 Å². The maximum atomic E-state index is 11.2. The van der Waals surface area contributed by atoms with Gasteiger partial charge in [-0.2, -0.15) is 0 Å². The molecule has 0 saturated heterocycles. The molecule has 15 heavy (non-hydrogen) atoms. The fraction of sp³-hybridized carbons (Fsp3) is 0.100. The van der Waals surface area contributed by atoms with Crippen LogP contribution in [-0.2, 0) is 6.54 Å². The lowest BCUT2D eigenvalue weighted by molar-refractivity contribution is 0.762. The molecule has 0 fully saturated rings. The standard InChI is InChI=1S/C10H8Cl2N2O/c11-8-2-1-7(5-9(8)12)6-14-4-3-13-10(14)15/h1-5H,6H2,(H,13,15). The minimum Gasteiger partial charge on any atom is -0.313 e. The second-order valence-corrected chi connectivity index (χ2v) is 3.96. The lowest BCUT2D eigenvalue weighted by Gasteiger charge is -2.03. The molecule has 1 heterocycles. The Hall–Kier alpha value is -1.19. The highest BCUT2D eigenvalue weighted by Crippen LogP contribution is 2.22. The second kappa shape index (κ2) is 4.13. The van der Waals surface area contributed by atoms with Gasteiger partial charge in [0.25, 0.3) is 0 Å². The lowest BCUT2D eigenvalue weighted by Crippen LogP contribution is -2.16. The zero-order chi connectivity index (χ0) is 10.8. The molecule has 1 N–H and O–H groups in total. The van der Waals surface area contributed by atoms with Gasteiger partial charge in [-0.3, -0.25) is 4.57 Å². The molecule has 0 aliphatic rings. The number of benzene rings is 1. The first kappa shape index (κ1) is 10.3. The van der Waals surface area contributed by atoms with Crippen molar-refractivity contribution in [3.63, 3.8) is 0 Å². The van der Waals surface area contributed by atoms with Gasteiger partial charge in [0.15, 0.2) is 0 Å². The molecule has 1 aromatic heterocycles. The molecule has 0 spiro atoms. The van der Waals surface area contributed by atoms with Crippen LogP contribution < -0.4 is 5.69 Å². The normalized spacial score (nSPS) is 10.5. The van der Waals surface area contributed by atoms with Crippen molar-refractivity contribution in [3.8, 4) is 0 Å². The Bertz CT molecular complexity index is 530. The van der Waals surface area contributed by atoms with E-state index < -0.39 is 0 Å². The predicted molar refractivity (Wildman–Crippen MR) is 60.6 cm³/mol. The summed E-state index contributed by atoms with van der Waals surface area (Å²) in [6.07, 6.45) is 3.28. The van der Waals surface area contributed by atoms with E-state index in [4.69, 9.17) is 23.2 Å². The van der Waals surface area contributed by atoms with Gasteiger partial charge in [-0.25, -0.2) is 4.79 Å². The molecule has 5 heteroatoms. The lowest BCUT2D eigenvalue weighted by atomic mass is 10.2. The first-order valence-corrected chi connectivity index (χ1v) is 5.10. The Morgan fingerprint density at radius 1 is 1.27 bits per heavy atom. The minimum absolute atomic E-state index is 0.138. The molecule has 2 aromatic rings. The summed E-state index contributed by atoms with van der Waals surface area (Å²) in [6, 6.07) is 5.31. The maximum absolute atomic E-state index is 11.2. The fourth-order valence-electron chi connectivity index (χ4n) is 1.31. The zero-order valence-electron chi connectivity index (χ0n) is 7.71. The van der Waals surface area contributed by atoms with E-state index in [1.165, 1.54) is 0 Å². The number of imidazole rings is 1. The fourth-order valence-corrected chi connectivity index (χ4v) is 1.63. The summed E-state index contributed by atoms with van der Waals surface area (Å²) < 4.78 is 1.56. The summed E-state index contributed by atoms with van der Waals surface area (Å²) >= 11 is 11.7. The van der Waals surface area contributed by atoms with Crippen molar-refractivity contribution in [1.29, 1.82) is 0 Å². The van der Waals surface area contributed by atoms with Gasteiger partial charge >= 0.3 is 5.69 Å². The summed E-state index contributed by atoms with van der Waals surface area (Å²) in [5.41, 5.74) is 0.798. The molecule has 0 unspecified atom stereocenters. The number of aromatic amines is 1. The summed E-state index contributed by atoms with van der Waals surface area (Å²) in [4.78, 5) is 13.8. The summed E-state index contributed by atoms with van der Waals surface area (Å²) in [5, 5.41) is 1.01. The molecule has 1 aromatic carbocycles. The number of hydrogen-bond donors (Lipinski definition) is 1. The average molecular weight is 243 g/mol. The van der Waals surface area contributed by atoms with Crippen LogP contribution in [0.5, 0.6) is 0 Å². The molecule has 78 valence electrons. The Labute approximate surface area is 96.3 Å². The van der Waals surface area contributed by atoms with E-state index in [0.29, 0.717) is 16.6 Å². The molecular weight excluding hydrogens is 235 g/mol. The summed E-state index contributed by atoms with van der Waals surface area (Å²) in [7, 11) is 0. The van der Waals surface area contributed by atoms with Gasteiger partial charge in [0, 0.05) is 12.4 Å². The van der Waals surface area contributed by atoms with Crippen LogP contribution in [0.2, 0.25) is 10.0 Å². The van der Waals surface area contributed by atoms with Gasteiger partial charge in [0.2, 0.25) is 0 Å². The van der Waals surface area contributed by atoms with Gasteiger partial charge in [-0.1, -0.05) is 29.3 Å². The number of nitrogens with zero attached hydrogens (tertiary/aromatic N) is 1. The highest BCUT2D eigenvalue weighted by Gasteiger charge is 2.01. The topological polar surface area (TPSA) is 37.8 Å². The number of rotatable bonds is 2. The average Bonchev–Trinajstić information content (AvgIpc) is 2.59. The van der Waals surface area contributed by atoms with Gasteiger partial charge in [-0.05, 0) is 17.7 Å². The first-order valence-electron chi connectivity index (χ1n) is 4.34. The van der Waals surface area contributed by atoms with E-state index in [9.17, 15) is 4.79 Å². The molecule has 0 radical (unpaired) electrons. The quantitative estimate of drug-likeness (QED) is 0.864. The molecule has 0 aliphatic carbocycles. The van der Waals surface area contributed by atoms with Crippen LogP contribution in [0.3, 0.4) is 0 Å². The van der Waals surface area contributed by atoms with Crippen LogP contribution in [0.4, 0.5) is 0 Å². The number of nitrogens with one attached hydrogen (secondary N) is 1. The molecule has 0 bridgehead atoms. The Morgan fingerprint density at radius 2 is 2.07 bits per heavy atom. The number of hydrogen-bond acceptors (Lipinski definition) is 1. The number of H-pyrrole nitrogens is 1. The van der Waals surface area contributed by atoms with Gasteiger partial charge in [0.1, 0.15) is 0 Å². The van der Waals surface area contributed by atoms with Crippen LogP contribution in [0.1, 0.15) is 5.56 Å². The molecular formula is C10H8Cl2N2O. The molecule has 0 atom stereocenters. The van der Waals surface area contributed by atoms with Gasteiger partial charge in [0.05, 0.1) is 16.6 Å². The van der Waals surface area contributed by atoms with Crippen LogP contribution in [0, 0.1) is 0 Å². The predicted octanol–water partition coefficient (Wildman–Crippen LogP) is 2.53. The van der Waals surface area contributed by atoms with E-state index in [1.807, 2.05) is 6.07 Å². The van der Waals surface area contributed by atoms with Crippen molar-refractivity contribution < 1.29 is 0 Å². The summed E-state index contributed by atoms with van der Waals surface area (Å²) in [5.74, 6) is 0. The Kier molecular flexibility index (Phi) is 2.84. The number of aromatic nitrogens is 2. The maximum Gasteiger partial charge on any atom is 0.325 e. The van der Waals surface area contributed by atoms with Crippen LogP contribution in [0.25, 0.3) is 0 Å². The van der Waals surface area contributed by atoms with E-state index in [-0.39, 0.29) is 5.69 Å². The molecule has 3 nitrogen and oxygen atoms in total. The van der Waals surface area contributed by atoms with E-state index >= 15 is 0 Å². The van der Waals surface area contributed by atoms with Crippen molar-refractivity contribution in [1.82, 2.24) is 9.55 Å². The van der Waals surface area contributed by atoms with Crippen LogP contribution in [-0.4, -0.2) is 9.55 Å². The molecule has 2 rings (SSSR count). The monoisotopic (exact) mass is 242 g/mol. The van der Waals surface area contributed by atoms with Crippen molar-refractivity contribution in [2.24, 2.45) is 0 Å². The molecule has 0 amide bonds.